The fourth-order valence-electron chi connectivity index (χ4n) is 3.37. The topological polar surface area (TPSA) is 140 Å². The number of anilines is 1. The highest BCUT2D eigenvalue weighted by atomic mass is 32.2. The number of aromatic nitrogens is 3. The number of ketones is 1. The molecule has 1 aromatic carbocycles. The van der Waals surface area contributed by atoms with Crippen LogP contribution in [0.5, 0.6) is 5.88 Å². The highest BCUT2D eigenvalue weighted by Gasteiger charge is 2.36. The number of sulfonamides is 1. The summed E-state index contributed by atoms with van der Waals surface area (Å²) in [7, 11) is -3.47. The van der Waals surface area contributed by atoms with E-state index in [-0.39, 0.29) is 23.2 Å². The Labute approximate surface area is 207 Å². The molecule has 3 aromatic rings. The number of ether oxygens (including phenoxy) is 1. The Bertz CT molecular complexity index is 1320. The minimum atomic E-state index is -3.47. The van der Waals surface area contributed by atoms with E-state index in [9.17, 15) is 18.0 Å². The lowest BCUT2D eigenvalue weighted by molar-refractivity contribution is -0.126. The van der Waals surface area contributed by atoms with E-state index < -0.39 is 21.3 Å². The second-order valence-electron chi connectivity index (χ2n) is 8.07. The Balaban J connectivity index is 1.47. The molecule has 35 heavy (non-hydrogen) atoms. The maximum Gasteiger partial charge on any atom is 0.237 e. The third-order valence-electron chi connectivity index (χ3n) is 5.21. The summed E-state index contributed by atoms with van der Waals surface area (Å²) >= 11 is 1.08. The van der Waals surface area contributed by atoms with Gasteiger partial charge in [0.15, 0.2) is 10.9 Å². The van der Waals surface area contributed by atoms with Gasteiger partial charge < -0.3 is 10.1 Å². The first-order chi connectivity index (χ1) is 16.7. The Kier molecular flexibility index (Phi) is 7.41. The number of Topliss-reactive ketones (excluding diaryl/α,β-unsaturated/α-hetero) is 1. The molecule has 2 N–H and O–H groups in total. The van der Waals surface area contributed by atoms with Gasteiger partial charge in [0.1, 0.15) is 6.04 Å². The average Bonchev–Trinajstić information content (AvgIpc) is 3.59. The lowest BCUT2D eigenvalue weighted by Crippen LogP contribution is -2.33. The molecule has 1 amide bonds. The molecule has 1 atom stereocenters. The van der Waals surface area contributed by atoms with E-state index in [2.05, 4.69) is 25.0 Å². The molecule has 0 spiro atoms. The minimum Gasteiger partial charge on any atom is -0.477 e. The number of amides is 1. The van der Waals surface area contributed by atoms with Crippen molar-refractivity contribution in [3.8, 4) is 17.1 Å². The Hall–Kier alpha value is -3.38. The van der Waals surface area contributed by atoms with Crippen LogP contribution in [0.4, 0.5) is 5.13 Å². The van der Waals surface area contributed by atoms with E-state index in [0.717, 1.165) is 22.5 Å². The first kappa shape index (κ1) is 24.7. The molecule has 12 heteroatoms. The van der Waals surface area contributed by atoms with Crippen molar-refractivity contribution in [2.24, 2.45) is 0 Å². The summed E-state index contributed by atoms with van der Waals surface area (Å²) in [4.78, 5) is 37.7. The molecule has 0 saturated heterocycles. The highest BCUT2D eigenvalue weighted by molar-refractivity contribution is 7.93. The van der Waals surface area contributed by atoms with Gasteiger partial charge in [0.05, 0.1) is 35.6 Å². The largest absolute Gasteiger partial charge is 0.477 e. The summed E-state index contributed by atoms with van der Waals surface area (Å²) in [6.45, 7) is 3.67. The van der Waals surface area contributed by atoms with Gasteiger partial charge in [-0.25, -0.2) is 18.4 Å². The van der Waals surface area contributed by atoms with E-state index in [0.29, 0.717) is 36.7 Å². The molecule has 2 heterocycles. The second kappa shape index (κ2) is 10.5. The molecule has 184 valence electrons. The predicted octanol–water partition coefficient (Wildman–Crippen LogP) is 2.89. The number of benzene rings is 1. The zero-order valence-electron chi connectivity index (χ0n) is 19.2. The summed E-state index contributed by atoms with van der Waals surface area (Å²) in [6.07, 6.45) is 4.49. The fraction of sp³-hybridized carbons (Fsp3) is 0.348. The van der Waals surface area contributed by atoms with E-state index in [1.54, 1.807) is 17.8 Å². The Morgan fingerprint density at radius 2 is 1.91 bits per heavy atom. The van der Waals surface area contributed by atoms with Crippen molar-refractivity contribution in [3.05, 3.63) is 53.3 Å². The minimum absolute atomic E-state index is 0.0521. The van der Waals surface area contributed by atoms with E-state index in [1.807, 2.05) is 31.2 Å². The van der Waals surface area contributed by atoms with Crippen molar-refractivity contribution in [3.63, 3.8) is 0 Å². The van der Waals surface area contributed by atoms with Gasteiger partial charge in [0.25, 0.3) is 0 Å². The molecule has 1 unspecified atom stereocenters. The van der Waals surface area contributed by atoms with E-state index >= 15 is 0 Å². The molecular weight excluding hydrogens is 490 g/mol. The lowest BCUT2D eigenvalue weighted by atomic mass is 10.0. The highest BCUT2D eigenvalue weighted by Crippen LogP contribution is 2.31. The summed E-state index contributed by atoms with van der Waals surface area (Å²) < 4.78 is 32.2. The normalized spacial score (nSPS) is 14.2. The number of hydrogen-bond donors (Lipinski definition) is 2. The lowest BCUT2D eigenvalue weighted by Gasteiger charge is -2.15. The molecule has 0 aliphatic heterocycles. The molecule has 2 aromatic heterocycles. The van der Waals surface area contributed by atoms with Crippen LogP contribution in [0.1, 0.15) is 44.0 Å². The third kappa shape index (κ3) is 6.40. The smallest absolute Gasteiger partial charge is 0.237 e. The number of rotatable bonds is 11. The quantitative estimate of drug-likeness (QED) is 0.397. The van der Waals surface area contributed by atoms with E-state index in [1.165, 1.54) is 6.92 Å². The second-order valence-corrected chi connectivity index (χ2v) is 10.9. The first-order valence-electron chi connectivity index (χ1n) is 11.1. The molecule has 1 fully saturated rings. The molecule has 0 radical (unpaired) electrons. The van der Waals surface area contributed by atoms with Crippen molar-refractivity contribution in [1.82, 2.24) is 20.3 Å². The van der Waals surface area contributed by atoms with Gasteiger partial charge in [-0.3, -0.25) is 19.3 Å². The molecular formula is C23H25N5O5S2. The van der Waals surface area contributed by atoms with Crippen LogP contribution in [0.2, 0.25) is 0 Å². The van der Waals surface area contributed by atoms with Gasteiger partial charge in [-0.15, -0.1) is 11.3 Å². The van der Waals surface area contributed by atoms with Crippen LogP contribution in [-0.2, 0) is 26.0 Å². The van der Waals surface area contributed by atoms with Crippen molar-refractivity contribution in [2.45, 2.75) is 44.4 Å². The maximum atomic E-state index is 13.1. The summed E-state index contributed by atoms with van der Waals surface area (Å²) in [5.41, 5.74) is 2.51. The standard InChI is InChI=1S/C23H25N5O5S2/c1-3-33-21-12-24-11-18(26-21)16-6-4-15(5-7-16)10-20(30)22(25-14(2)29)19-13-34-23(27-19)28-35(31,32)17-8-9-17/h4-7,11-13,17,22H,3,8-10H2,1-2H3,(H,25,29)(H,27,28). The summed E-state index contributed by atoms with van der Waals surface area (Å²) in [5.74, 6) is -0.225. The number of nitrogens with one attached hydrogen (secondary N) is 2. The summed E-state index contributed by atoms with van der Waals surface area (Å²) in [5, 5.41) is 3.99. The van der Waals surface area contributed by atoms with Crippen molar-refractivity contribution in [1.29, 1.82) is 0 Å². The van der Waals surface area contributed by atoms with Gasteiger partial charge in [-0.2, -0.15) is 0 Å². The van der Waals surface area contributed by atoms with Crippen molar-refractivity contribution in [2.75, 3.05) is 11.3 Å². The maximum absolute atomic E-state index is 13.1. The number of nitrogens with zero attached hydrogens (tertiary/aromatic N) is 3. The fourth-order valence-corrected chi connectivity index (χ4v) is 5.71. The Morgan fingerprint density at radius 3 is 2.57 bits per heavy atom. The number of carbonyl (C=O) groups is 2. The molecule has 10 nitrogen and oxygen atoms in total. The van der Waals surface area contributed by atoms with Gasteiger partial charge in [0, 0.05) is 24.3 Å². The number of thiazole rings is 1. The average molecular weight is 516 g/mol. The van der Waals surface area contributed by atoms with Crippen LogP contribution >= 0.6 is 11.3 Å². The van der Waals surface area contributed by atoms with Gasteiger partial charge in [-0.1, -0.05) is 24.3 Å². The van der Waals surface area contributed by atoms with Gasteiger partial charge in [0.2, 0.25) is 21.8 Å². The van der Waals surface area contributed by atoms with E-state index in [4.69, 9.17) is 4.74 Å². The van der Waals surface area contributed by atoms with Crippen LogP contribution in [0.25, 0.3) is 11.3 Å². The van der Waals surface area contributed by atoms with Crippen molar-refractivity contribution >= 4 is 38.2 Å². The van der Waals surface area contributed by atoms with Crippen molar-refractivity contribution < 1.29 is 22.7 Å². The van der Waals surface area contributed by atoms with Crippen LogP contribution in [0.15, 0.2) is 42.0 Å². The van der Waals surface area contributed by atoms with Crippen LogP contribution in [-0.4, -0.2) is 46.9 Å². The first-order valence-corrected chi connectivity index (χ1v) is 13.5. The molecule has 1 saturated carbocycles. The van der Waals surface area contributed by atoms with Crippen LogP contribution < -0.4 is 14.8 Å². The monoisotopic (exact) mass is 515 g/mol. The number of hydrogen-bond acceptors (Lipinski definition) is 9. The molecule has 1 aliphatic carbocycles. The van der Waals surface area contributed by atoms with Gasteiger partial charge in [-0.05, 0) is 25.3 Å². The molecule has 4 rings (SSSR count). The Morgan fingerprint density at radius 1 is 1.17 bits per heavy atom. The molecule has 0 bridgehead atoms. The zero-order valence-corrected chi connectivity index (χ0v) is 20.9. The van der Waals surface area contributed by atoms with Crippen LogP contribution in [0.3, 0.4) is 0 Å². The predicted molar refractivity (Wildman–Crippen MR) is 132 cm³/mol. The summed E-state index contributed by atoms with van der Waals surface area (Å²) in [6, 6.07) is 6.30. The molecule has 1 aliphatic rings. The zero-order chi connectivity index (χ0) is 25.0. The third-order valence-corrected chi connectivity index (χ3v) is 7.94. The SMILES string of the molecule is CCOc1cncc(-c2ccc(CC(=O)C(NC(C)=O)c3csc(NS(=O)(=O)C4CC4)n3)cc2)n1. The van der Waals surface area contributed by atoms with Gasteiger partial charge >= 0.3 is 0 Å². The number of carbonyl (C=O) groups excluding carboxylic acids is 2. The van der Waals surface area contributed by atoms with Crippen LogP contribution in [0, 0.1) is 0 Å².